The van der Waals surface area contributed by atoms with Crippen LogP contribution in [-0.2, 0) is 9.59 Å². The summed E-state index contributed by atoms with van der Waals surface area (Å²) in [4.78, 5) is 25.2. The molecular weight excluding hydrogens is 401 g/mol. The number of nitrogens with zero attached hydrogens (tertiary/aromatic N) is 3. The van der Waals surface area contributed by atoms with Crippen molar-refractivity contribution in [1.82, 2.24) is 15.4 Å². The molecule has 2 amide bonds. The van der Waals surface area contributed by atoms with Crippen molar-refractivity contribution >= 4 is 23.8 Å². The van der Waals surface area contributed by atoms with Crippen LogP contribution in [0.3, 0.4) is 0 Å². The number of hydrogen-bond acceptors (Lipinski definition) is 6. The number of carbonyl (C=O) groups excluding carboxylic acids is 2. The number of rotatable bonds is 6. The molecule has 9 heteroatoms. The number of aryl methyl sites for hydroxylation is 1. The summed E-state index contributed by atoms with van der Waals surface area (Å²) < 4.78 is 19.1. The maximum Gasteiger partial charge on any atom is 0.267 e. The number of anilines is 1. The summed E-state index contributed by atoms with van der Waals surface area (Å²) in [5.41, 5.74) is 5.13. The van der Waals surface area contributed by atoms with Crippen LogP contribution >= 0.6 is 0 Å². The number of carbonyl (C=O) groups is 2. The van der Waals surface area contributed by atoms with Gasteiger partial charge >= 0.3 is 0 Å². The number of nitrogens with one attached hydrogen (secondary N) is 2. The van der Waals surface area contributed by atoms with Gasteiger partial charge in [-0.15, -0.1) is 0 Å². The van der Waals surface area contributed by atoms with Crippen molar-refractivity contribution in [3.8, 4) is 5.75 Å². The van der Waals surface area contributed by atoms with E-state index in [0.717, 1.165) is 16.3 Å². The van der Waals surface area contributed by atoms with E-state index in [-0.39, 0.29) is 18.5 Å². The Labute approximate surface area is 179 Å². The van der Waals surface area contributed by atoms with Gasteiger partial charge < -0.3 is 10.1 Å². The van der Waals surface area contributed by atoms with E-state index in [1.54, 1.807) is 24.1 Å². The zero-order valence-corrected chi connectivity index (χ0v) is 17.3. The van der Waals surface area contributed by atoms with Gasteiger partial charge in [-0.1, -0.05) is 18.2 Å². The fraction of sp³-hybridized carbons (Fsp3) is 0.318. The molecule has 2 heterocycles. The summed E-state index contributed by atoms with van der Waals surface area (Å²) in [6.45, 7) is 3.93. The second-order valence-electron chi connectivity index (χ2n) is 7.48. The third-order valence-corrected chi connectivity index (χ3v) is 5.30. The third-order valence-electron chi connectivity index (χ3n) is 5.30. The highest BCUT2D eigenvalue weighted by molar-refractivity contribution is 5.96. The highest BCUT2D eigenvalue weighted by Crippen LogP contribution is 2.30. The van der Waals surface area contributed by atoms with Gasteiger partial charge in [-0.25, -0.2) is 14.8 Å². The standard InChI is InChI=1S/C22H24FN5O3/c1-3-31-17-8-5-15(6-9-17)19-11-20-22(30)27(24-13-28(20)26-19)12-21(29)25-16-7-4-14(2)18(23)10-16/h4-10,13,19-20,26H,3,11-12H2,1-2H3,(H,25,29). The average Bonchev–Trinajstić information content (AvgIpc) is 3.19. The zero-order valence-electron chi connectivity index (χ0n) is 17.3. The molecule has 1 fully saturated rings. The van der Waals surface area contributed by atoms with Crippen LogP contribution in [0.2, 0.25) is 0 Å². The summed E-state index contributed by atoms with van der Waals surface area (Å²) in [5.74, 6) is -0.326. The van der Waals surface area contributed by atoms with Crippen LogP contribution in [0.15, 0.2) is 47.6 Å². The first-order valence-corrected chi connectivity index (χ1v) is 10.1. The minimum absolute atomic E-state index is 0.0552. The molecule has 2 unspecified atom stereocenters. The van der Waals surface area contributed by atoms with Gasteiger partial charge in [0.25, 0.3) is 5.91 Å². The Morgan fingerprint density at radius 1 is 1.29 bits per heavy atom. The van der Waals surface area contributed by atoms with Gasteiger partial charge in [0.05, 0.1) is 12.6 Å². The molecule has 162 valence electrons. The van der Waals surface area contributed by atoms with Crippen LogP contribution in [0.4, 0.5) is 10.1 Å². The molecule has 2 aromatic carbocycles. The molecule has 0 bridgehead atoms. The number of ether oxygens (including phenoxy) is 1. The molecule has 0 spiro atoms. The number of benzene rings is 2. The lowest BCUT2D eigenvalue weighted by atomic mass is 10.0. The molecule has 4 rings (SSSR count). The Morgan fingerprint density at radius 2 is 2.06 bits per heavy atom. The van der Waals surface area contributed by atoms with E-state index < -0.39 is 17.8 Å². The van der Waals surface area contributed by atoms with Crippen molar-refractivity contribution in [1.29, 1.82) is 0 Å². The third kappa shape index (κ3) is 4.51. The normalized spacial score (nSPS) is 20.0. The summed E-state index contributed by atoms with van der Waals surface area (Å²) in [6, 6.07) is 11.7. The number of hydrogen-bond donors (Lipinski definition) is 2. The van der Waals surface area contributed by atoms with Crippen molar-refractivity contribution in [2.24, 2.45) is 5.10 Å². The van der Waals surface area contributed by atoms with Gasteiger partial charge in [0.2, 0.25) is 5.91 Å². The molecule has 8 nitrogen and oxygen atoms in total. The largest absolute Gasteiger partial charge is 0.494 e. The van der Waals surface area contributed by atoms with Crippen molar-refractivity contribution in [2.75, 3.05) is 18.5 Å². The van der Waals surface area contributed by atoms with Crippen LogP contribution in [0, 0.1) is 12.7 Å². The molecule has 2 aliphatic rings. The number of hydrazone groups is 1. The molecule has 2 aromatic rings. The molecule has 0 aliphatic carbocycles. The maximum absolute atomic E-state index is 13.7. The van der Waals surface area contributed by atoms with Gasteiger partial charge in [0.1, 0.15) is 30.5 Å². The molecule has 2 atom stereocenters. The van der Waals surface area contributed by atoms with Crippen molar-refractivity contribution in [3.63, 3.8) is 0 Å². The second-order valence-corrected chi connectivity index (χ2v) is 7.48. The van der Waals surface area contributed by atoms with E-state index in [0.29, 0.717) is 24.3 Å². The predicted octanol–water partition coefficient (Wildman–Crippen LogP) is 2.58. The van der Waals surface area contributed by atoms with Crippen LogP contribution < -0.4 is 15.5 Å². The summed E-state index contributed by atoms with van der Waals surface area (Å²) in [6.07, 6.45) is 2.06. The van der Waals surface area contributed by atoms with Crippen LogP contribution in [0.25, 0.3) is 0 Å². The fourth-order valence-corrected chi connectivity index (χ4v) is 3.64. The minimum atomic E-state index is -0.460. The maximum atomic E-state index is 13.7. The smallest absolute Gasteiger partial charge is 0.267 e. The Balaban J connectivity index is 1.37. The van der Waals surface area contributed by atoms with Crippen molar-refractivity contribution in [2.45, 2.75) is 32.4 Å². The first kappa shape index (κ1) is 20.8. The average molecular weight is 425 g/mol. The number of amides is 2. The highest BCUT2D eigenvalue weighted by Gasteiger charge is 2.41. The first-order valence-electron chi connectivity index (χ1n) is 10.1. The molecule has 2 aliphatic heterocycles. The van der Waals surface area contributed by atoms with E-state index in [9.17, 15) is 14.0 Å². The molecule has 0 aromatic heterocycles. The number of halogens is 1. The molecule has 31 heavy (non-hydrogen) atoms. The molecule has 1 saturated heterocycles. The Hall–Kier alpha value is -3.46. The number of hydrazine groups is 1. The van der Waals surface area contributed by atoms with E-state index in [1.807, 2.05) is 31.2 Å². The second kappa shape index (κ2) is 8.73. The quantitative estimate of drug-likeness (QED) is 0.743. The lowest BCUT2D eigenvalue weighted by Gasteiger charge is -2.29. The fourth-order valence-electron chi connectivity index (χ4n) is 3.64. The Morgan fingerprint density at radius 3 is 2.77 bits per heavy atom. The van der Waals surface area contributed by atoms with Crippen molar-refractivity contribution in [3.05, 3.63) is 59.4 Å². The molecular formula is C22H24FN5O3. The van der Waals surface area contributed by atoms with Gasteiger partial charge in [0.15, 0.2) is 0 Å². The van der Waals surface area contributed by atoms with Gasteiger partial charge in [0, 0.05) is 5.69 Å². The lowest BCUT2D eigenvalue weighted by Crippen LogP contribution is -2.52. The van der Waals surface area contributed by atoms with E-state index in [4.69, 9.17) is 4.74 Å². The monoisotopic (exact) mass is 425 g/mol. The van der Waals surface area contributed by atoms with E-state index >= 15 is 0 Å². The van der Waals surface area contributed by atoms with Crippen LogP contribution in [0.1, 0.15) is 30.5 Å². The predicted molar refractivity (Wildman–Crippen MR) is 114 cm³/mol. The molecule has 0 saturated carbocycles. The molecule has 2 N–H and O–H groups in total. The van der Waals surface area contributed by atoms with Gasteiger partial charge in [-0.05, 0) is 55.7 Å². The van der Waals surface area contributed by atoms with Gasteiger partial charge in [-0.2, -0.15) is 5.10 Å². The topological polar surface area (TPSA) is 86.3 Å². The van der Waals surface area contributed by atoms with Crippen LogP contribution in [0.5, 0.6) is 5.75 Å². The van der Waals surface area contributed by atoms with Crippen LogP contribution in [-0.4, -0.2) is 47.4 Å². The van der Waals surface area contributed by atoms with E-state index in [1.165, 1.54) is 12.4 Å². The SMILES string of the molecule is CCOc1ccc(C2CC3C(=O)N(CC(=O)Nc4ccc(C)c(F)c4)N=CN3N2)cc1. The Kier molecular flexibility index (Phi) is 5.85. The zero-order chi connectivity index (χ0) is 22.0. The summed E-state index contributed by atoms with van der Waals surface area (Å²) in [7, 11) is 0. The number of fused-ring (bicyclic) bond motifs is 1. The van der Waals surface area contributed by atoms with Gasteiger partial charge in [-0.3, -0.25) is 14.6 Å². The molecule has 0 radical (unpaired) electrons. The Bertz CT molecular complexity index is 1010. The minimum Gasteiger partial charge on any atom is -0.494 e. The summed E-state index contributed by atoms with van der Waals surface area (Å²) >= 11 is 0. The lowest BCUT2D eigenvalue weighted by molar-refractivity contribution is -0.139. The first-order chi connectivity index (χ1) is 14.9. The summed E-state index contributed by atoms with van der Waals surface area (Å²) in [5, 5.41) is 9.52. The van der Waals surface area contributed by atoms with Crippen molar-refractivity contribution < 1.29 is 18.7 Å². The highest BCUT2D eigenvalue weighted by atomic mass is 19.1. The van der Waals surface area contributed by atoms with E-state index in [2.05, 4.69) is 15.8 Å².